The van der Waals surface area contributed by atoms with Gasteiger partial charge in [-0.05, 0) is 73.0 Å². The Bertz CT molecular complexity index is 1170. The monoisotopic (exact) mass is 494 g/mol. The summed E-state index contributed by atoms with van der Waals surface area (Å²) in [5, 5.41) is 10.1. The number of hydrogen-bond acceptors (Lipinski definition) is 9. The Morgan fingerprint density at radius 1 is 0.914 bits per heavy atom. The number of aromatic nitrogens is 2. The Labute approximate surface area is 209 Å². The first-order valence-corrected chi connectivity index (χ1v) is 11.8. The zero-order valence-corrected chi connectivity index (χ0v) is 20.8. The van der Waals surface area contributed by atoms with Gasteiger partial charge in [0.05, 0.1) is 25.7 Å². The molecule has 0 saturated carbocycles. The molecule has 9 heteroatoms. The molecule has 0 aliphatic heterocycles. The number of nitrogens with two attached hydrogens (primary N) is 1. The highest BCUT2D eigenvalue weighted by molar-refractivity contribution is 7.97. The average Bonchev–Trinajstić information content (AvgIpc) is 2.90. The van der Waals surface area contributed by atoms with Gasteiger partial charge in [0.2, 0.25) is 5.88 Å². The fourth-order valence-electron chi connectivity index (χ4n) is 2.98. The van der Waals surface area contributed by atoms with E-state index < -0.39 is 0 Å². The van der Waals surface area contributed by atoms with Crippen LogP contribution in [0.3, 0.4) is 0 Å². The van der Waals surface area contributed by atoms with Crippen LogP contribution in [0.4, 0.5) is 0 Å². The van der Waals surface area contributed by atoms with Crippen molar-refractivity contribution in [1.29, 1.82) is 0 Å². The summed E-state index contributed by atoms with van der Waals surface area (Å²) >= 11 is 1.47. The standard InChI is InChI=1S/C18H19N3O3S.C8H11NO/c1-12(22)11-21-25-14-5-3-13(4-6-14)24-16-8-10-19-17-15(16)7-9-20-18(17)23-2;1-10-8-4-2-7(6-9)3-5-8/h3-10,12,21-22H,11H2,1-2H3;2-5H,6,9H2,1H3. The maximum Gasteiger partial charge on any atom is 0.240 e. The molecule has 1 atom stereocenters. The molecule has 0 spiro atoms. The molecule has 35 heavy (non-hydrogen) atoms. The van der Waals surface area contributed by atoms with Crippen molar-refractivity contribution in [2.45, 2.75) is 24.5 Å². The van der Waals surface area contributed by atoms with Crippen molar-refractivity contribution < 1.29 is 19.3 Å². The zero-order chi connectivity index (χ0) is 25.0. The number of ether oxygens (including phenoxy) is 3. The second-order valence-corrected chi connectivity index (χ2v) is 8.41. The molecule has 2 heterocycles. The number of rotatable bonds is 9. The quantitative estimate of drug-likeness (QED) is 0.288. The molecule has 0 bridgehead atoms. The molecule has 4 N–H and O–H groups in total. The molecule has 0 radical (unpaired) electrons. The Kier molecular flexibility index (Phi) is 10.1. The smallest absolute Gasteiger partial charge is 0.240 e. The topological polar surface area (TPSA) is 112 Å². The van der Waals surface area contributed by atoms with E-state index in [0.29, 0.717) is 30.2 Å². The molecule has 0 saturated heterocycles. The van der Waals surface area contributed by atoms with Gasteiger partial charge in [-0.1, -0.05) is 12.1 Å². The summed E-state index contributed by atoms with van der Waals surface area (Å²) in [5.41, 5.74) is 7.19. The van der Waals surface area contributed by atoms with Gasteiger partial charge in [0.15, 0.2) is 0 Å². The Morgan fingerprint density at radius 2 is 1.60 bits per heavy atom. The van der Waals surface area contributed by atoms with E-state index in [-0.39, 0.29) is 6.10 Å². The van der Waals surface area contributed by atoms with Crippen LogP contribution in [0.15, 0.2) is 78.0 Å². The lowest BCUT2D eigenvalue weighted by Gasteiger charge is -2.10. The van der Waals surface area contributed by atoms with Crippen molar-refractivity contribution in [3.8, 4) is 23.1 Å². The van der Waals surface area contributed by atoms with Crippen LogP contribution in [0.5, 0.6) is 23.1 Å². The molecule has 184 valence electrons. The number of nitrogens with one attached hydrogen (secondary N) is 1. The van der Waals surface area contributed by atoms with Gasteiger partial charge in [-0.2, -0.15) is 0 Å². The molecule has 8 nitrogen and oxygen atoms in total. The maximum absolute atomic E-state index is 9.25. The largest absolute Gasteiger partial charge is 0.497 e. The maximum atomic E-state index is 9.25. The van der Waals surface area contributed by atoms with Crippen LogP contribution in [0.2, 0.25) is 0 Å². The highest BCUT2D eigenvalue weighted by atomic mass is 32.2. The number of aliphatic hydroxyl groups is 1. The lowest BCUT2D eigenvalue weighted by Crippen LogP contribution is -2.18. The van der Waals surface area contributed by atoms with Gasteiger partial charge in [-0.25, -0.2) is 4.98 Å². The third-order valence-corrected chi connectivity index (χ3v) is 5.61. The number of benzene rings is 2. The second-order valence-electron chi connectivity index (χ2n) is 7.45. The van der Waals surface area contributed by atoms with Gasteiger partial charge in [-0.15, -0.1) is 0 Å². The van der Waals surface area contributed by atoms with E-state index in [2.05, 4.69) is 14.7 Å². The molecule has 0 amide bonds. The number of aliphatic hydroxyl groups excluding tert-OH is 1. The Balaban J connectivity index is 0.000000287. The van der Waals surface area contributed by atoms with E-state index >= 15 is 0 Å². The summed E-state index contributed by atoms with van der Waals surface area (Å²) < 4.78 is 19.3. The molecule has 0 aliphatic rings. The van der Waals surface area contributed by atoms with E-state index in [1.165, 1.54) is 11.9 Å². The van der Waals surface area contributed by atoms with Crippen molar-refractivity contribution in [3.05, 3.63) is 78.6 Å². The Morgan fingerprint density at radius 3 is 2.23 bits per heavy atom. The molecular formula is C26H30N4O4S. The SMILES string of the molecule is COc1ccc(CN)cc1.COc1nccc2c(Oc3ccc(SNCC(C)O)cc3)ccnc12. The first-order valence-electron chi connectivity index (χ1n) is 11.0. The van der Waals surface area contributed by atoms with Crippen molar-refractivity contribution in [2.75, 3.05) is 20.8 Å². The fourth-order valence-corrected chi connectivity index (χ4v) is 3.74. The van der Waals surface area contributed by atoms with Gasteiger partial charge in [-0.3, -0.25) is 9.71 Å². The third kappa shape index (κ3) is 7.83. The normalized spacial score (nSPS) is 11.3. The molecule has 0 fully saturated rings. The van der Waals surface area contributed by atoms with Crippen LogP contribution in [-0.4, -0.2) is 41.9 Å². The summed E-state index contributed by atoms with van der Waals surface area (Å²) in [6, 6.07) is 19.1. The molecule has 2 aromatic carbocycles. The first-order chi connectivity index (χ1) is 17.0. The van der Waals surface area contributed by atoms with Gasteiger partial charge in [0.1, 0.15) is 22.8 Å². The van der Waals surface area contributed by atoms with Crippen LogP contribution < -0.4 is 24.7 Å². The molecule has 1 unspecified atom stereocenters. The number of pyridine rings is 2. The summed E-state index contributed by atoms with van der Waals surface area (Å²) in [5.74, 6) is 2.76. The van der Waals surface area contributed by atoms with Crippen LogP contribution >= 0.6 is 11.9 Å². The zero-order valence-electron chi connectivity index (χ0n) is 20.0. The predicted molar refractivity (Wildman–Crippen MR) is 139 cm³/mol. The van der Waals surface area contributed by atoms with Crippen molar-refractivity contribution in [2.24, 2.45) is 5.73 Å². The summed E-state index contributed by atoms with van der Waals surface area (Å²) in [6.45, 7) is 2.86. The Hall–Kier alpha value is -3.37. The van der Waals surface area contributed by atoms with Crippen molar-refractivity contribution in [3.63, 3.8) is 0 Å². The fraction of sp³-hybridized carbons (Fsp3) is 0.231. The van der Waals surface area contributed by atoms with Gasteiger partial charge in [0.25, 0.3) is 0 Å². The third-order valence-electron chi connectivity index (χ3n) is 4.79. The van der Waals surface area contributed by atoms with Crippen LogP contribution in [0, 0.1) is 0 Å². The van der Waals surface area contributed by atoms with E-state index in [1.54, 1.807) is 33.5 Å². The number of fused-ring (bicyclic) bond motifs is 1. The van der Waals surface area contributed by atoms with E-state index in [4.69, 9.17) is 19.9 Å². The van der Waals surface area contributed by atoms with Crippen molar-refractivity contribution >= 4 is 22.9 Å². The van der Waals surface area contributed by atoms with Gasteiger partial charge in [0, 0.05) is 30.4 Å². The van der Waals surface area contributed by atoms with Crippen LogP contribution in [0.25, 0.3) is 10.9 Å². The minimum atomic E-state index is -0.374. The van der Waals surface area contributed by atoms with Gasteiger partial charge < -0.3 is 25.1 Å². The van der Waals surface area contributed by atoms with E-state index in [9.17, 15) is 5.11 Å². The number of methoxy groups -OCH3 is 2. The summed E-state index contributed by atoms with van der Waals surface area (Å²) in [7, 11) is 3.22. The van der Waals surface area contributed by atoms with E-state index in [1.807, 2.05) is 60.7 Å². The summed E-state index contributed by atoms with van der Waals surface area (Å²) in [6.07, 6.45) is 2.97. The number of hydrogen-bond donors (Lipinski definition) is 3. The van der Waals surface area contributed by atoms with Gasteiger partial charge >= 0.3 is 0 Å². The van der Waals surface area contributed by atoms with Crippen LogP contribution in [-0.2, 0) is 6.54 Å². The molecule has 2 aromatic heterocycles. The minimum absolute atomic E-state index is 0.374. The minimum Gasteiger partial charge on any atom is -0.497 e. The predicted octanol–water partition coefficient (Wildman–Crippen LogP) is 4.56. The lowest BCUT2D eigenvalue weighted by molar-refractivity contribution is 0.200. The highest BCUT2D eigenvalue weighted by Gasteiger charge is 2.09. The van der Waals surface area contributed by atoms with E-state index in [0.717, 1.165) is 27.3 Å². The highest BCUT2D eigenvalue weighted by Crippen LogP contribution is 2.32. The van der Waals surface area contributed by atoms with Crippen LogP contribution in [0.1, 0.15) is 12.5 Å². The first kappa shape index (κ1) is 26.2. The second kappa shape index (κ2) is 13.5. The molecule has 4 aromatic rings. The van der Waals surface area contributed by atoms with Crippen molar-refractivity contribution in [1.82, 2.24) is 14.7 Å². The lowest BCUT2D eigenvalue weighted by atomic mass is 10.2. The number of nitrogens with zero attached hydrogens (tertiary/aromatic N) is 2. The summed E-state index contributed by atoms with van der Waals surface area (Å²) in [4.78, 5) is 9.52. The molecule has 4 rings (SSSR count). The molecular weight excluding hydrogens is 464 g/mol. The molecule has 0 aliphatic carbocycles. The average molecular weight is 495 g/mol.